The zero-order chi connectivity index (χ0) is 24.1. The van der Waals surface area contributed by atoms with E-state index >= 15 is 0 Å². The summed E-state index contributed by atoms with van der Waals surface area (Å²) >= 11 is 0. The smallest absolute Gasteiger partial charge is 0.00851 e. The summed E-state index contributed by atoms with van der Waals surface area (Å²) < 4.78 is 0. The second kappa shape index (κ2) is 13.2. The highest BCUT2D eigenvalue weighted by molar-refractivity contribution is 5.25. The van der Waals surface area contributed by atoms with Gasteiger partial charge in [-0.2, -0.15) is 0 Å². The standard InChI is InChI=1S/C28H48.2C2H6.CH4/c1-19(2)8-7-9-21(4)24-12-13-25-23-11-10-22-18-20(3)14-16-27(22,5)26(23)15-17-28(24,25)6;2*1-2;/h10,19-21,23-26H,7-9,11-18H2,1-6H3;2*1-2H3;1H4. The highest BCUT2D eigenvalue weighted by atomic mass is 14.6. The van der Waals surface area contributed by atoms with Crippen molar-refractivity contribution >= 4 is 0 Å². The molecule has 0 bridgehead atoms. The molecule has 3 fully saturated rings. The van der Waals surface area contributed by atoms with Crippen molar-refractivity contribution in [1.82, 2.24) is 0 Å². The molecule has 4 aliphatic carbocycles. The third-order valence-electron chi connectivity index (χ3n) is 10.6. The van der Waals surface area contributed by atoms with Crippen LogP contribution in [0.4, 0.5) is 0 Å². The minimum absolute atomic E-state index is 0. The van der Waals surface area contributed by atoms with E-state index < -0.39 is 0 Å². The van der Waals surface area contributed by atoms with E-state index in [0.717, 1.165) is 41.4 Å². The zero-order valence-electron chi connectivity index (χ0n) is 23.9. The summed E-state index contributed by atoms with van der Waals surface area (Å²) in [6.07, 6.45) is 19.0. The van der Waals surface area contributed by atoms with Gasteiger partial charge in [-0.05, 0) is 104 Å². The molecule has 8 atom stereocenters. The molecule has 8 unspecified atom stereocenters. The summed E-state index contributed by atoms with van der Waals surface area (Å²) in [6, 6.07) is 0. The first kappa shape index (κ1) is 30.8. The second-order valence-corrected chi connectivity index (χ2v) is 12.6. The topological polar surface area (TPSA) is 0 Å². The lowest BCUT2D eigenvalue weighted by Gasteiger charge is -2.58. The van der Waals surface area contributed by atoms with Crippen molar-refractivity contribution in [2.45, 2.75) is 147 Å². The Morgan fingerprint density at radius 3 is 2.18 bits per heavy atom. The Hall–Kier alpha value is -0.260. The van der Waals surface area contributed by atoms with Gasteiger partial charge in [-0.1, -0.05) is 108 Å². The fraction of sp³-hybridized carbons (Fsp3) is 0.939. The fourth-order valence-electron chi connectivity index (χ4n) is 8.87. The predicted octanol–water partition coefficient (Wildman–Crippen LogP) is 11.4. The Kier molecular flexibility index (Phi) is 12.3. The van der Waals surface area contributed by atoms with Gasteiger partial charge in [0.15, 0.2) is 0 Å². The van der Waals surface area contributed by atoms with E-state index in [4.69, 9.17) is 0 Å². The van der Waals surface area contributed by atoms with Crippen LogP contribution in [0.1, 0.15) is 147 Å². The maximum Gasteiger partial charge on any atom is -0.00851 e. The van der Waals surface area contributed by atoms with Gasteiger partial charge in [-0.15, -0.1) is 0 Å². The number of rotatable bonds is 5. The first-order chi connectivity index (χ1) is 15.3. The molecule has 0 radical (unpaired) electrons. The molecular formula is C33H64. The van der Waals surface area contributed by atoms with Crippen molar-refractivity contribution in [3.05, 3.63) is 11.6 Å². The molecule has 0 spiro atoms. The largest absolute Gasteiger partial charge is 0.0845 e. The number of allylic oxidation sites excluding steroid dienone is 2. The van der Waals surface area contributed by atoms with Gasteiger partial charge in [-0.25, -0.2) is 0 Å². The van der Waals surface area contributed by atoms with Crippen LogP contribution in [0.15, 0.2) is 11.6 Å². The Labute approximate surface area is 211 Å². The molecule has 0 nitrogen and oxygen atoms in total. The van der Waals surface area contributed by atoms with E-state index in [-0.39, 0.29) is 7.43 Å². The first-order valence-corrected chi connectivity index (χ1v) is 14.9. The highest BCUT2D eigenvalue weighted by Crippen LogP contribution is 2.67. The molecule has 0 heteroatoms. The molecule has 0 saturated heterocycles. The molecular weight excluding hydrogens is 396 g/mol. The number of hydrogen-bond acceptors (Lipinski definition) is 0. The van der Waals surface area contributed by atoms with Crippen molar-refractivity contribution in [3.63, 3.8) is 0 Å². The Bertz CT molecular complexity index is 585. The van der Waals surface area contributed by atoms with Gasteiger partial charge in [0.1, 0.15) is 0 Å². The summed E-state index contributed by atoms with van der Waals surface area (Å²) in [5.74, 6) is 6.73. The number of fused-ring (bicyclic) bond motifs is 5. The van der Waals surface area contributed by atoms with E-state index in [0.29, 0.717) is 10.8 Å². The SMILES string of the molecule is C.CC.CC.CC(C)CCCC(C)C1CCC2C3CC=C4CC(C)CCC4(C)C3CCC12C. The molecule has 0 heterocycles. The summed E-state index contributed by atoms with van der Waals surface area (Å²) in [5, 5.41) is 0. The van der Waals surface area contributed by atoms with Crippen LogP contribution in [0.3, 0.4) is 0 Å². The van der Waals surface area contributed by atoms with Gasteiger partial charge < -0.3 is 0 Å². The molecule has 196 valence electrons. The van der Waals surface area contributed by atoms with Crippen LogP contribution in [0.25, 0.3) is 0 Å². The van der Waals surface area contributed by atoms with Crippen molar-refractivity contribution in [2.24, 2.45) is 52.3 Å². The Morgan fingerprint density at radius 2 is 1.55 bits per heavy atom. The molecule has 0 amide bonds. The second-order valence-electron chi connectivity index (χ2n) is 12.6. The Balaban J connectivity index is 0.00000103. The van der Waals surface area contributed by atoms with Crippen LogP contribution in [-0.2, 0) is 0 Å². The monoisotopic (exact) mass is 461 g/mol. The van der Waals surface area contributed by atoms with Crippen molar-refractivity contribution in [1.29, 1.82) is 0 Å². The quantitative estimate of drug-likeness (QED) is 0.358. The molecule has 4 aliphatic rings. The molecule has 0 aliphatic heterocycles. The van der Waals surface area contributed by atoms with Gasteiger partial charge in [0, 0.05) is 0 Å². The van der Waals surface area contributed by atoms with Crippen molar-refractivity contribution in [3.8, 4) is 0 Å². The van der Waals surface area contributed by atoms with E-state index in [9.17, 15) is 0 Å². The zero-order valence-corrected chi connectivity index (χ0v) is 23.9. The van der Waals surface area contributed by atoms with Crippen LogP contribution < -0.4 is 0 Å². The minimum Gasteiger partial charge on any atom is -0.0845 e. The van der Waals surface area contributed by atoms with Gasteiger partial charge in [0.25, 0.3) is 0 Å². The van der Waals surface area contributed by atoms with Gasteiger partial charge in [0.05, 0.1) is 0 Å². The van der Waals surface area contributed by atoms with E-state index in [1.54, 1.807) is 0 Å². The molecule has 0 aromatic carbocycles. The van der Waals surface area contributed by atoms with Crippen molar-refractivity contribution in [2.75, 3.05) is 0 Å². The molecule has 0 aromatic rings. The lowest BCUT2D eigenvalue weighted by Crippen LogP contribution is -2.50. The molecule has 4 rings (SSSR count). The summed E-state index contributed by atoms with van der Waals surface area (Å²) in [4.78, 5) is 0. The van der Waals surface area contributed by atoms with Crippen LogP contribution in [0.5, 0.6) is 0 Å². The van der Waals surface area contributed by atoms with E-state index in [1.165, 1.54) is 70.6 Å². The summed E-state index contributed by atoms with van der Waals surface area (Å²) in [5.41, 5.74) is 3.06. The normalized spacial score (nSPS) is 39.8. The predicted molar refractivity (Wildman–Crippen MR) is 152 cm³/mol. The Morgan fingerprint density at radius 1 is 0.879 bits per heavy atom. The third kappa shape index (κ3) is 6.12. The highest BCUT2D eigenvalue weighted by Gasteiger charge is 2.58. The van der Waals surface area contributed by atoms with E-state index in [1.807, 2.05) is 33.3 Å². The van der Waals surface area contributed by atoms with Crippen LogP contribution in [-0.4, -0.2) is 0 Å². The molecule has 33 heavy (non-hydrogen) atoms. The minimum atomic E-state index is 0. The van der Waals surface area contributed by atoms with Crippen molar-refractivity contribution < 1.29 is 0 Å². The molecule has 0 aromatic heterocycles. The maximum atomic E-state index is 2.75. The van der Waals surface area contributed by atoms with Gasteiger partial charge in [0.2, 0.25) is 0 Å². The third-order valence-corrected chi connectivity index (χ3v) is 10.6. The maximum absolute atomic E-state index is 2.75. The van der Waals surface area contributed by atoms with E-state index in [2.05, 4.69) is 47.6 Å². The average molecular weight is 461 g/mol. The lowest BCUT2D eigenvalue weighted by atomic mass is 9.46. The van der Waals surface area contributed by atoms with Crippen LogP contribution in [0.2, 0.25) is 0 Å². The molecule has 0 N–H and O–H groups in total. The average Bonchev–Trinajstić information content (AvgIpc) is 3.14. The molecule has 3 saturated carbocycles. The van der Waals surface area contributed by atoms with Crippen LogP contribution in [0, 0.1) is 52.3 Å². The first-order valence-electron chi connectivity index (χ1n) is 14.9. The van der Waals surface area contributed by atoms with Gasteiger partial charge >= 0.3 is 0 Å². The number of hydrogen-bond donors (Lipinski definition) is 0. The summed E-state index contributed by atoms with van der Waals surface area (Å²) in [6.45, 7) is 23.3. The fourth-order valence-corrected chi connectivity index (χ4v) is 8.87. The van der Waals surface area contributed by atoms with Crippen LogP contribution >= 0.6 is 0 Å². The van der Waals surface area contributed by atoms with Gasteiger partial charge in [-0.3, -0.25) is 0 Å². The summed E-state index contributed by atoms with van der Waals surface area (Å²) in [7, 11) is 0. The lowest BCUT2D eigenvalue weighted by molar-refractivity contribution is -0.0523.